The molecule has 0 radical (unpaired) electrons. The predicted octanol–water partition coefficient (Wildman–Crippen LogP) is -2.34. The van der Waals surface area contributed by atoms with Crippen molar-refractivity contribution in [1.29, 1.82) is 0 Å². The molecule has 6 N–H and O–H groups in total. The van der Waals surface area contributed by atoms with E-state index >= 15 is 0 Å². The molecule has 9 heteroatoms. The molecule has 0 aliphatic rings. The third-order valence-corrected chi connectivity index (χ3v) is 1.60. The summed E-state index contributed by atoms with van der Waals surface area (Å²) in [5, 5.41) is 16.6. The number of ether oxygens (including phenoxy) is 1. The van der Waals surface area contributed by atoms with Gasteiger partial charge in [0.1, 0.15) is 12.1 Å². The average Bonchev–Trinajstić information content (AvgIpc) is 2.15. The molecule has 0 heterocycles. The molecular formula is C8H12N2O7. The fourth-order valence-corrected chi connectivity index (χ4v) is 0.793. The van der Waals surface area contributed by atoms with E-state index in [1.54, 1.807) is 0 Å². The Morgan fingerprint density at radius 3 is 1.41 bits per heavy atom. The summed E-state index contributed by atoms with van der Waals surface area (Å²) < 4.78 is 4.12. The van der Waals surface area contributed by atoms with Gasteiger partial charge in [0.15, 0.2) is 0 Å². The Balaban J connectivity index is 4.24. The lowest BCUT2D eigenvalue weighted by atomic mass is 10.2. The summed E-state index contributed by atoms with van der Waals surface area (Å²) in [6.07, 6.45) is -1.42. The van der Waals surface area contributed by atoms with Gasteiger partial charge in [-0.15, -0.1) is 0 Å². The van der Waals surface area contributed by atoms with Crippen LogP contribution in [0.1, 0.15) is 12.8 Å². The van der Waals surface area contributed by atoms with E-state index in [0.29, 0.717) is 0 Å². The van der Waals surface area contributed by atoms with Crippen LogP contribution in [0.2, 0.25) is 0 Å². The van der Waals surface area contributed by atoms with Crippen LogP contribution < -0.4 is 11.5 Å². The smallest absolute Gasteiger partial charge is 0.331 e. The minimum Gasteiger partial charge on any atom is -0.481 e. The van der Waals surface area contributed by atoms with Gasteiger partial charge in [-0.2, -0.15) is 0 Å². The van der Waals surface area contributed by atoms with Crippen molar-refractivity contribution in [1.82, 2.24) is 0 Å². The molecule has 0 unspecified atom stereocenters. The topological polar surface area (TPSA) is 170 Å². The second-order valence-electron chi connectivity index (χ2n) is 3.15. The summed E-state index contributed by atoms with van der Waals surface area (Å²) >= 11 is 0. The Morgan fingerprint density at radius 2 is 1.18 bits per heavy atom. The van der Waals surface area contributed by atoms with Crippen LogP contribution in [-0.4, -0.2) is 46.2 Å². The van der Waals surface area contributed by atoms with E-state index in [9.17, 15) is 19.2 Å². The lowest BCUT2D eigenvalue weighted by Gasteiger charge is -2.10. The van der Waals surface area contributed by atoms with Gasteiger partial charge < -0.3 is 26.4 Å². The zero-order valence-corrected chi connectivity index (χ0v) is 8.66. The standard InChI is InChI=1S/C8H12N2O7/c9-3(1-5(11)12)7(15)17-8(16)4(10)2-6(13)14/h3-4H,1-2,9-10H2,(H,11,12)(H,13,14)/t3-,4-/m0/s1. The Labute approximate surface area is 95.3 Å². The minimum absolute atomic E-state index is 0.708. The van der Waals surface area contributed by atoms with Gasteiger partial charge in [0.2, 0.25) is 0 Å². The first-order chi connectivity index (χ1) is 7.73. The van der Waals surface area contributed by atoms with Crippen molar-refractivity contribution < 1.29 is 34.1 Å². The van der Waals surface area contributed by atoms with E-state index in [0.717, 1.165) is 0 Å². The van der Waals surface area contributed by atoms with Gasteiger partial charge in [0, 0.05) is 0 Å². The molecule has 0 saturated heterocycles. The normalized spacial score (nSPS) is 13.5. The van der Waals surface area contributed by atoms with Gasteiger partial charge in [-0.25, -0.2) is 9.59 Å². The summed E-state index contributed by atoms with van der Waals surface area (Å²) in [6, 6.07) is -3.01. The minimum atomic E-state index is -1.51. The van der Waals surface area contributed by atoms with Crippen molar-refractivity contribution in [2.75, 3.05) is 0 Å². The molecule has 0 saturated carbocycles. The molecule has 0 aliphatic carbocycles. The van der Waals surface area contributed by atoms with Gasteiger partial charge in [0.25, 0.3) is 0 Å². The van der Waals surface area contributed by atoms with Crippen LogP contribution in [-0.2, 0) is 23.9 Å². The highest BCUT2D eigenvalue weighted by atomic mass is 16.6. The molecule has 2 atom stereocenters. The Hall–Kier alpha value is -2.00. The summed E-state index contributed by atoms with van der Waals surface area (Å²) in [7, 11) is 0. The zero-order valence-electron chi connectivity index (χ0n) is 8.66. The quantitative estimate of drug-likeness (QED) is 0.297. The van der Waals surface area contributed by atoms with Crippen molar-refractivity contribution in [2.24, 2.45) is 11.5 Å². The second kappa shape index (κ2) is 6.55. The van der Waals surface area contributed by atoms with Crippen molar-refractivity contribution in [2.45, 2.75) is 24.9 Å². The zero-order chi connectivity index (χ0) is 13.6. The summed E-state index contributed by atoms with van der Waals surface area (Å²) in [5.41, 5.74) is 10.2. The Morgan fingerprint density at radius 1 is 0.882 bits per heavy atom. The third-order valence-electron chi connectivity index (χ3n) is 1.60. The van der Waals surface area contributed by atoms with E-state index < -0.39 is 48.8 Å². The molecule has 17 heavy (non-hydrogen) atoms. The van der Waals surface area contributed by atoms with Crippen LogP contribution in [0.3, 0.4) is 0 Å². The van der Waals surface area contributed by atoms with Gasteiger partial charge in [-0.05, 0) is 0 Å². The van der Waals surface area contributed by atoms with Crippen LogP contribution >= 0.6 is 0 Å². The molecule has 0 aromatic carbocycles. The first-order valence-corrected chi connectivity index (χ1v) is 4.44. The first-order valence-electron chi connectivity index (χ1n) is 4.44. The van der Waals surface area contributed by atoms with E-state index in [4.69, 9.17) is 21.7 Å². The molecule has 0 rings (SSSR count). The SMILES string of the molecule is N[C@@H](CC(=O)O)C(=O)OC(=O)[C@@H](N)CC(=O)O. The van der Waals surface area contributed by atoms with E-state index in [-0.39, 0.29) is 0 Å². The number of esters is 2. The molecular weight excluding hydrogens is 236 g/mol. The van der Waals surface area contributed by atoms with Gasteiger partial charge in [-0.1, -0.05) is 0 Å². The number of carbonyl (C=O) groups is 4. The summed E-state index contributed by atoms with van der Waals surface area (Å²) in [6.45, 7) is 0. The fourth-order valence-electron chi connectivity index (χ4n) is 0.793. The lowest BCUT2D eigenvalue weighted by molar-refractivity contribution is -0.164. The van der Waals surface area contributed by atoms with E-state index in [1.807, 2.05) is 0 Å². The highest BCUT2D eigenvalue weighted by Gasteiger charge is 2.25. The molecule has 0 fully saturated rings. The fraction of sp³-hybridized carbons (Fsp3) is 0.500. The van der Waals surface area contributed by atoms with Gasteiger partial charge >= 0.3 is 23.9 Å². The largest absolute Gasteiger partial charge is 0.481 e. The maximum absolute atomic E-state index is 11.0. The van der Waals surface area contributed by atoms with Crippen LogP contribution in [0.25, 0.3) is 0 Å². The Bertz CT molecular complexity index is 309. The predicted molar refractivity (Wildman–Crippen MR) is 51.6 cm³/mol. The van der Waals surface area contributed by atoms with Crippen molar-refractivity contribution >= 4 is 23.9 Å². The Kier molecular flexibility index (Phi) is 5.78. The molecule has 0 aliphatic heterocycles. The van der Waals surface area contributed by atoms with Gasteiger partial charge in [-0.3, -0.25) is 9.59 Å². The monoisotopic (exact) mass is 248 g/mol. The molecule has 0 bridgehead atoms. The molecule has 9 nitrogen and oxygen atoms in total. The number of carbonyl (C=O) groups excluding carboxylic acids is 2. The van der Waals surface area contributed by atoms with Crippen molar-refractivity contribution in [3.63, 3.8) is 0 Å². The number of carboxylic acids is 2. The van der Waals surface area contributed by atoms with E-state index in [1.165, 1.54) is 0 Å². The van der Waals surface area contributed by atoms with Crippen LogP contribution in [0.15, 0.2) is 0 Å². The third kappa shape index (κ3) is 6.22. The summed E-state index contributed by atoms with van der Waals surface area (Å²) in [5.74, 6) is -5.20. The molecule has 0 aromatic heterocycles. The van der Waals surface area contributed by atoms with Crippen molar-refractivity contribution in [3.8, 4) is 0 Å². The van der Waals surface area contributed by atoms with E-state index in [2.05, 4.69) is 4.74 Å². The molecule has 96 valence electrons. The number of carboxylic acid groups (broad SMARTS) is 2. The molecule has 0 amide bonds. The number of hydrogen-bond acceptors (Lipinski definition) is 7. The van der Waals surface area contributed by atoms with Crippen molar-refractivity contribution in [3.05, 3.63) is 0 Å². The lowest BCUT2D eigenvalue weighted by Crippen LogP contribution is -2.41. The maximum Gasteiger partial charge on any atom is 0.331 e. The molecule has 0 spiro atoms. The second-order valence-corrected chi connectivity index (χ2v) is 3.15. The molecule has 0 aromatic rings. The number of aliphatic carboxylic acids is 2. The highest BCUT2D eigenvalue weighted by Crippen LogP contribution is 1.97. The number of rotatable bonds is 6. The number of nitrogens with two attached hydrogens (primary N) is 2. The van der Waals surface area contributed by atoms with Crippen LogP contribution in [0.5, 0.6) is 0 Å². The number of hydrogen-bond donors (Lipinski definition) is 4. The summed E-state index contributed by atoms with van der Waals surface area (Å²) in [4.78, 5) is 42.5. The maximum atomic E-state index is 11.0. The average molecular weight is 248 g/mol. The van der Waals surface area contributed by atoms with Crippen LogP contribution in [0, 0.1) is 0 Å². The first kappa shape index (κ1) is 15.0. The highest BCUT2D eigenvalue weighted by molar-refractivity contribution is 5.93. The van der Waals surface area contributed by atoms with Gasteiger partial charge in [0.05, 0.1) is 12.8 Å². The van der Waals surface area contributed by atoms with Crippen LogP contribution in [0.4, 0.5) is 0 Å².